The molecule has 0 amide bonds. The summed E-state index contributed by atoms with van der Waals surface area (Å²) >= 11 is 0. The maximum absolute atomic E-state index is 9.45. The fourth-order valence-electron chi connectivity index (χ4n) is 2.44. The van der Waals surface area contributed by atoms with Crippen molar-refractivity contribution in [1.82, 2.24) is 5.32 Å². The topological polar surface area (TPSA) is 35.5 Å². The molecule has 1 aromatic rings. The molecule has 1 aliphatic rings. The number of hydrogen-bond acceptors (Lipinski definition) is 3. The molecule has 0 radical (unpaired) electrons. The summed E-state index contributed by atoms with van der Waals surface area (Å²) in [5.74, 6) is 0. The van der Waals surface area contributed by atoms with Gasteiger partial charge in [-0.15, -0.1) is 0 Å². The molecule has 0 aromatic heterocycles. The Morgan fingerprint density at radius 3 is 2.29 bits per heavy atom. The first-order valence-electron chi connectivity index (χ1n) is 6.30. The van der Waals surface area contributed by atoms with Crippen LogP contribution in [0, 0.1) is 6.92 Å². The van der Waals surface area contributed by atoms with Gasteiger partial charge in [-0.3, -0.25) is 0 Å². The van der Waals surface area contributed by atoms with Crippen LogP contribution in [0.5, 0.6) is 0 Å². The van der Waals surface area contributed by atoms with Crippen molar-refractivity contribution in [2.45, 2.75) is 25.3 Å². The zero-order chi connectivity index (χ0) is 12.3. The van der Waals surface area contributed by atoms with Crippen LogP contribution < -0.4 is 10.2 Å². The molecule has 0 aliphatic carbocycles. The Hall–Kier alpha value is -1.06. The van der Waals surface area contributed by atoms with E-state index in [9.17, 15) is 5.11 Å². The SMILES string of the molecule is CNC1(CO)CCN(c2ccc(C)cc2)CC1. The Balaban J connectivity index is 2.01. The van der Waals surface area contributed by atoms with E-state index >= 15 is 0 Å². The van der Waals surface area contributed by atoms with E-state index in [1.807, 2.05) is 7.05 Å². The van der Waals surface area contributed by atoms with E-state index in [2.05, 4.69) is 41.4 Å². The van der Waals surface area contributed by atoms with Gasteiger partial charge < -0.3 is 15.3 Å². The van der Waals surface area contributed by atoms with Gasteiger partial charge in [-0.2, -0.15) is 0 Å². The van der Waals surface area contributed by atoms with Gasteiger partial charge in [0, 0.05) is 24.3 Å². The van der Waals surface area contributed by atoms with Gasteiger partial charge in [-0.1, -0.05) is 17.7 Å². The number of anilines is 1. The largest absolute Gasteiger partial charge is 0.394 e. The van der Waals surface area contributed by atoms with Gasteiger partial charge in [0.05, 0.1) is 6.61 Å². The molecule has 3 heteroatoms. The van der Waals surface area contributed by atoms with Crippen LogP contribution in [0.2, 0.25) is 0 Å². The van der Waals surface area contributed by atoms with E-state index in [4.69, 9.17) is 0 Å². The average molecular weight is 234 g/mol. The van der Waals surface area contributed by atoms with Crippen molar-refractivity contribution in [3.63, 3.8) is 0 Å². The summed E-state index contributed by atoms with van der Waals surface area (Å²) in [6, 6.07) is 8.67. The van der Waals surface area contributed by atoms with E-state index in [-0.39, 0.29) is 12.1 Å². The summed E-state index contributed by atoms with van der Waals surface area (Å²) in [7, 11) is 1.94. The van der Waals surface area contributed by atoms with Crippen LogP contribution in [0.1, 0.15) is 18.4 Å². The quantitative estimate of drug-likeness (QED) is 0.833. The predicted octanol–water partition coefficient (Wildman–Crippen LogP) is 1.55. The van der Waals surface area contributed by atoms with Crippen molar-refractivity contribution in [3.05, 3.63) is 29.8 Å². The Morgan fingerprint density at radius 1 is 1.24 bits per heavy atom. The number of benzene rings is 1. The number of likely N-dealkylation sites (N-methyl/N-ethyl adjacent to an activating group) is 1. The number of nitrogens with zero attached hydrogens (tertiary/aromatic N) is 1. The summed E-state index contributed by atoms with van der Waals surface area (Å²) in [4.78, 5) is 2.39. The van der Waals surface area contributed by atoms with E-state index in [1.54, 1.807) is 0 Å². The van der Waals surface area contributed by atoms with Gasteiger partial charge in [0.15, 0.2) is 0 Å². The molecule has 1 aromatic carbocycles. The van der Waals surface area contributed by atoms with Crippen molar-refractivity contribution >= 4 is 5.69 Å². The third-order valence-electron chi connectivity index (χ3n) is 3.95. The first-order chi connectivity index (χ1) is 8.19. The standard InChI is InChI=1S/C14H22N2O/c1-12-3-5-13(6-4-12)16-9-7-14(11-17,15-2)8-10-16/h3-6,15,17H,7-11H2,1-2H3. The number of aliphatic hydroxyl groups is 1. The number of hydrogen-bond donors (Lipinski definition) is 2. The van der Waals surface area contributed by atoms with Crippen LogP contribution in [0.25, 0.3) is 0 Å². The van der Waals surface area contributed by atoms with Crippen LogP contribution >= 0.6 is 0 Å². The van der Waals surface area contributed by atoms with E-state index in [0.29, 0.717) is 0 Å². The van der Waals surface area contributed by atoms with Crippen molar-refractivity contribution in [1.29, 1.82) is 0 Å². The highest BCUT2D eigenvalue weighted by Gasteiger charge is 2.32. The Bertz CT molecular complexity index is 347. The molecule has 0 bridgehead atoms. The summed E-state index contributed by atoms with van der Waals surface area (Å²) in [6.07, 6.45) is 1.99. The molecule has 1 fully saturated rings. The number of rotatable bonds is 3. The minimum absolute atomic E-state index is 0.0683. The lowest BCUT2D eigenvalue weighted by Crippen LogP contribution is -2.54. The Morgan fingerprint density at radius 2 is 1.82 bits per heavy atom. The molecule has 2 N–H and O–H groups in total. The smallest absolute Gasteiger partial charge is 0.0614 e. The highest BCUT2D eigenvalue weighted by Crippen LogP contribution is 2.25. The third-order valence-corrected chi connectivity index (χ3v) is 3.95. The van der Waals surface area contributed by atoms with Crippen molar-refractivity contribution in [2.24, 2.45) is 0 Å². The van der Waals surface area contributed by atoms with Crippen LogP contribution in [0.4, 0.5) is 5.69 Å². The van der Waals surface area contributed by atoms with Gasteiger partial charge >= 0.3 is 0 Å². The maximum atomic E-state index is 9.45. The van der Waals surface area contributed by atoms with Crippen molar-refractivity contribution in [2.75, 3.05) is 31.6 Å². The molecule has 0 unspecified atom stereocenters. The maximum Gasteiger partial charge on any atom is 0.0614 e. The second kappa shape index (κ2) is 5.07. The lowest BCUT2D eigenvalue weighted by atomic mass is 9.88. The average Bonchev–Trinajstić information content (AvgIpc) is 2.40. The van der Waals surface area contributed by atoms with E-state index < -0.39 is 0 Å². The fourth-order valence-corrected chi connectivity index (χ4v) is 2.44. The first-order valence-corrected chi connectivity index (χ1v) is 6.30. The van der Waals surface area contributed by atoms with E-state index in [1.165, 1.54) is 11.3 Å². The normalized spacial score (nSPS) is 19.4. The Labute approximate surface area is 103 Å². The van der Waals surface area contributed by atoms with Crippen LogP contribution in [0.3, 0.4) is 0 Å². The summed E-state index contributed by atoms with van der Waals surface area (Å²) < 4.78 is 0. The van der Waals surface area contributed by atoms with Crippen LogP contribution in [-0.2, 0) is 0 Å². The molecule has 0 spiro atoms. The molecule has 0 saturated carbocycles. The van der Waals surface area contributed by atoms with Crippen LogP contribution in [-0.4, -0.2) is 37.4 Å². The van der Waals surface area contributed by atoms with Crippen molar-refractivity contribution < 1.29 is 5.11 Å². The van der Waals surface area contributed by atoms with Gasteiger partial charge in [-0.05, 0) is 38.9 Å². The third kappa shape index (κ3) is 2.61. The van der Waals surface area contributed by atoms with E-state index in [0.717, 1.165) is 25.9 Å². The molecule has 17 heavy (non-hydrogen) atoms. The molecule has 1 aliphatic heterocycles. The summed E-state index contributed by atoms with van der Waals surface area (Å²) in [6.45, 7) is 4.35. The number of aliphatic hydroxyl groups excluding tert-OH is 1. The zero-order valence-electron chi connectivity index (χ0n) is 10.7. The summed E-state index contributed by atoms with van der Waals surface area (Å²) in [5.41, 5.74) is 2.52. The van der Waals surface area contributed by atoms with Gasteiger partial charge in [0.2, 0.25) is 0 Å². The van der Waals surface area contributed by atoms with Gasteiger partial charge in [0.25, 0.3) is 0 Å². The molecular formula is C14H22N2O. The fraction of sp³-hybridized carbons (Fsp3) is 0.571. The van der Waals surface area contributed by atoms with Gasteiger partial charge in [-0.25, -0.2) is 0 Å². The van der Waals surface area contributed by atoms with Crippen molar-refractivity contribution in [3.8, 4) is 0 Å². The summed E-state index contributed by atoms with van der Waals surface area (Å²) in [5, 5.41) is 12.7. The highest BCUT2D eigenvalue weighted by atomic mass is 16.3. The molecule has 0 atom stereocenters. The predicted molar refractivity (Wildman–Crippen MR) is 71.5 cm³/mol. The minimum atomic E-state index is -0.0683. The monoisotopic (exact) mass is 234 g/mol. The lowest BCUT2D eigenvalue weighted by Gasteiger charge is -2.41. The molecule has 2 rings (SSSR count). The molecule has 94 valence electrons. The number of aryl methyl sites for hydroxylation is 1. The zero-order valence-corrected chi connectivity index (χ0v) is 10.7. The number of piperidine rings is 1. The van der Waals surface area contributed by atoms with Gasteiger partial charge in [0.1, 0.15) is 0 Å². The minimum Gasteiger partial charge on any atom is -0.394 e. The van der Waals surface area contributed by atoms with Crippen LogP contribution in [0.15, 0.2) is 24.3 Å². The second-order valence-electron chi connectivity index (χ2n) is 5.01. The molecule has 3 nitrogen and oxygen atoms in total. The Kier molecular flexibility index (Phi) is 3.69. The molecule has 1 heterocycles. The molecule has 1 saturated heterocycles. The first kappa shape index (κ1) is 12.4. The number of nitrogens with one attached hydrogen (secondary N) is 1. The highest BCUT2D eigenvalue weighted by molar-refractivity contribution is 5.48. The molecular weight excluding hydrogens is 212 g/mol. The second-order valence-corrected chi connectivity index (χ2v) is 5.01. The lowest BCUT2D eigenvalue weighted by molar-refractivity contribution is 0.142.